The van der Waals surface area contributed by atoms with Crippen LogP contribution >= 0.6 is 31.9 Å². The van der Waals surface area contributed by atoms with E-state index >= 15 is 0 Å². The highest BCUT2D eigenvalue weighted by Gasteiger charge is 2.42. The Bertz CT molecular complexity index is 4070. The molecule has 0 spiro atoms. The van der Waals surface area contributed by atoms with Gasteiger partial charge in [-0.25, -0.2) is 0 Å². The average molecular weight is 1180 g/mol. The molecule has 0 saturated heterocycles. The van der Waals surface area contributed by atoms with Crippen molar-refractivity contribution in [3.05, 3.63) is 288 Å². The van der Waals surface area contributed by atoms with Crippen LogP contribution in [-0.2, 0) is 0 Å². The fourth-order valence-electron chi connectivity index (χ4n) is 10.1. The summed E-state index contributed by atoms with van der Waals surface area (Å²) in [6, 6.07) is 76.4. The number of benzene rings is 10. The topological polar surface area (TPSA) is 60.7 Å². The summed E-state index contributed by atoms with van der Waals surface area (Å²) in [6.07, 6.45) is 5.27. The lowest BCUT2D eigenvalue weighted by atomic mass is 9.91. The van der Waals surface area contributed by atoms with Crippen molar-refractivity contribution in [1.82, 2.24) is 0 Å². The third kappa shape index (κ3) is 11.5. The van der Waals surface area contributed by atoms with E-state index in [4.69, 9.17) is 6.42 Å². The number of halogens is 2. The number of terminal acetylenes is 1. The van der Waals surface area contributed by atoms with Crippen LogP contribution in [0.25, 0.3) is 54.6 Å². The Morgan fingerprint density at radius 2 is 0.595 bits per heavy atom. The molecule has 2 aliphatic rings. The second-order valence-electron chi connectivity index (χ2n) is 20.5. The van der Waals surface area contributed by atoms with Crippen molar-refractivity contribution in [2.45, 2.75) is 26.2 Å². The second kappa shape index (κ2) is 23.2. The Labute approximate surface area is 482 Å². The lowest BCUT2D eigenvalue weighted by Gasteiger charge is -2.18. The third-order valence-corrected chi connectivity index (χ3v) is 27.0. The maximum Gasteiger partial charge on any atom is 0.135 e. The monoisotopic (exact) mass is 1180 g/mol. The number of phenolic OH excluding ortho intramolecular Hbond substituents is 3. The van der Waals surface area contributed by atoms with Gasteiger partial charge in [0.05, 0.1) is 0 Å². The van der Waals surface area contributed by atoms with Gasteiger partial charge in [-0.3, -0.25) is 0 Å². The van der Waals surface area contributed by atoms with Gasteiger partial charge in [-0.15, -0.1) is 6.42 Å². The van der Waals surface area contributed by atoms with E-state index in [9.17, 15) is 15.3 Å². The molecule has 0 radical (unpaired) electrons. The van der Waals surface area contributed by atoms with Gasteiger partial charge in [-0.05, 0) is 158 Å². The van der Waals surface area contributed by atoms with Crippen LogP contribution < -0.4 is 0 Å². The van der Waals surface area contributed by atoms with Crippen molar-refractivity contribution >= 4 is 103 Å². The molecule has 0 saturated carbocycles. The van der Waals surface area contributed by atoms with E-state index in [0.717, 1.165) is 81.7 Å². The molecule has 0 bridgehead atoms. The lowest BCUT2D eigenvalue weighted by molar-refractivity contribution is 0.475. The summed E-state index contributed by atoms with van der Waals surface area (Å²) in [5.41, 5.74) is 12.5. The number of rotatable bonds is 4. The molecule has 0 amide bonds. The van der Waals surface area contributed by atoms with Crippen LogP contribution in [0, 0.1) is 36.0 Å². The largest absolute Gasteiger partial charge is 0.508 e. The highest BCUT2D eigenvalue weighted by Crippen LogP contribution is 2.53. The van der Waals surface area contributed by atoms with Crippen molar-refractivity contribution in [3.63, 3.8) is 0 Å². The molecule has 2 heterocycles. The van der Waals surface area contributed by atoms with Crippen LogP contribution in [-0.4, -0.2) is 31.5 Å². The van der Waals surface area contributed by atoms with Crippen LogP contribution in [0.3, 0.4) is 0 Å². The molecule has 0 fully saturated rings. The van der Waals surface area contributed by atoms with Crippen molar-refractivity contribution in [1.29, 1.82) is 0 Å². The molecule has 0 atom stereocenters. The van der Waals surface area contributed by atoms with Gasteiger partial charge in [0.1, 0.15) is 33.4 Å². The van der Waals surface area contributed by atoms with Crippen molar-refractivity contribution < 1.29 is 15.3 Å². The Morgan fingerprint density at radius 3 is 0.924 bits per heavy atom. The highest BCUT2D eigenvalue weighted by atomic mass is 79.9. The number of aromatic hydroxyl groups is 3. The van der Waals surface area contributed by atoms with E-state index in [2.05, 4.69) is 209 Å². The van der Waals surface area contributed by atoms with E-state index in [0.29, 0.717) is 0 Å². The minimum Gasteiger partial charge on any atom is -0.508 e. The van der Waals surface area contributed by atoms with E-state index in [1.165, 1.54) is 30.5 Å². The summed E-state index contributed by atoms with van der Waals surface area (Å²) in [7, 11) is -4.02. The Balaban J connectivity index is 0.000000169. The van der Waals surface area contributed by atoms with Gasteiger partial charge in [-0.1, -0.05) is 245 Å². The molecule has 10 aromatic rings. The first kappa shape index (κ1) is 53.8. The minimum absolute atomic E-state index is 0.258. The molecule has 3 nitrogen and oxygen atoms in total. The first-order chi connectivity index (χ1) is 38.2. The quantitative estimate of drug-likeness (QED) is 0.122. The summed E-state index contributed by atoms with van der Waals surface area (Å²) in [4.78, 5) is 0. The lowest BCUT2D eigenvalue weighted by Crippen LogP contribution is -2.29. The maximum absolute atomic E-state index is 9.90. The van der Waals surface area contributed by atoms with E-state index in [-0.39, 0.29) is 17.2 Å². The summed E-state index contributed by atoms with van der Waals surface area (Å²) in [5, 5.41) is 37.4. The van der Waals surface area contributed by atoms with Crippen LogP contribution in [0.15, 0.2) is 249 Å². The zero-order valence-electron chi connectivity index (χ0n) is 44.1. The number of fused-ring (bicyclic) bond motifs is 3. The number of hydrogen-bond acceptors (Lipinski definition) is 3. The van der Waals surface area contributed by atoms with Crippen LogP contribution in [0.2, 0.25) is 26.2 Å². The summed E-state index contributed by atoms with van der Waals surface area (Å²) < 4.78 is 2.74. The van der Waals surface area contributed by atoms with Crippen molar-refractivity contribution in [2.24, 2.45) is 0 Å². The molecule has 382 valence electrons. The van der Waals surface area contributed by atoms with Crippen LogP contribution in [0.1, 0.15) is 38.9 Å². The molecular weight excluding hydrogens is 1130 g/mol. The number of hydrogen-bond donors (Lipinski definition) is 3. The molecule has 10 aromatic carbocycles. The zero-order chi connectivity index (χ0) is 55.3. The smallest absolute Gasteiger partial charge is 0.135 e. The SMILES string of the molecule is C#Cc1ccc2cc(O)ccc2c1.C[Si]1(C)C(Br)=C(c2ccccc2)C(c2ccccc2)=C1Br.C[Si]1(C)C(C#Cc2ccc3cc(O)ccc3c2)=C(c2ccccc2)C(c2ccccc2)=C1C#Cc1ccc2cc(O)ccc2c1. The van der Waals surface area contributed by atoms with Gasteiger partial charge >= 0.3 is 0 Å². The summed E-state index contributed by atoms with van der Waals surface area (Å²) >= 11 is 7.82. The highest BCUT2D eigenvalue weighted by molar-refractivity contribution is 9.14. The van der Waals surface area contributed by atoms with Crippen LogP contribution in [0.5, 0.6) is 17.2 Å². The first-order valence-electron chi connectivity index (χ1n) is 25.9. The number of allylic oxidation sites excluding steroid dienone is 6. The van der Waals surface area contributed by atoms with Gasteiger partial charge < -0.3 is 15.3 Å². The van der Waals surface area contributed by atoms with E-state index < -0.39 is 16.1 Å². The molecule has 2 aliphatic heterocycles. The summed E-state index contributed by atoms with van der Waals surface area (Å²) in [6.45, 7) is 9.46. The summed E-state index contributed by atoms with van der Waals surface area (Å²) in [5.74, 6) is 17.7. The van der Waals surface area contributed by atoms with Gasteiger partial charge in [-0.2, -0.15) is 0 Å². The fourth-order valence-corrected chi connectivity index (χ4v) is 17.7. The minimum atomic E-state index is -2.37. The second-order valence-corrected chi connectivity index (χ2v) is 32.0. The molecule has 0 aliphatic carbocycles. The first-order valence-corrected chi connectivity index (χ1v) is 33.5. The standard InChI is InChI=1S/C42H30O2Si.C18H16Br2Si.C12H8O/c1-45(2)39(23-15-29-13-17-35-27-37(43)21-19-33(35)25-29)41(31-9-5-3-6-10-31)42(32-11-7-4-8-12-32)40(45)24-16-30-14-18-36-28-38(44)22-20-34(36)26-30;1-21(2)17(19)15(13-9-5-3-6-10-13)16(18(21)20)14-11-7-4-8-12-14;1-2-9-3-4-11-8-12(13)6-5-10(11)7-9/h3-14,17-22,25-28,43-44H,1-2H3;3-12H,1-2H3;1,3-8,13H. The molecular formula is C72H54Br2O3Si2. The molecule has 0 unspecified atom stereocenters. The van der Waals surface area contributed by atoms with Crippen LogP contribution in [0.4, 0.5) is 0 Å². The molecule has 7 heteroatoms. The Kier molecular flexibility index (Phi) is 15.8. The predicted molar refractivity (Wildman–Crippen MR) is 345 cm³/mol. The fraction of sp³-hybridized carbons (Fsp3) is 0.0556. The third-order valence-electron chi connectivity index (χ3n) is 14.3. The molecule has 79 heavy (non-hydrogen) atoms. The van der Waals surface area contributed by atoms with E-state index in [1.807, 2.05) is 72.8 Å². The molecule has 3 N–H and O–H groups in total. The Hall–Kier alpha value is -8.59. The maximum atomic E-state index is 9.90. The predicted octanol–water partition coefficient (Wildman–Crippen LogP) is 18.4. The van der Waals surface area contributed by atoms with Crippen molar-refractivity contribution in [3.8, 4) is 53.3 Å². The van der Waals surface area contributed by atoms with Crippen molar-refractivity contribution in [2.75, 3.05) is 0 Å². The van der Waals surface area contributed by atoms with Gasteiger partial charge in [0, 0.05) is 27.1 Å². The van der Waals surface area contributed by atoms with E-state index in [1.54, 1.807) is 36.4 Å². The van der Waals surface area contributed by atoms with Gasteiger partial charge in [0.25, 0.3) is 0 Å². The Morgan fingerprint density at radius 1 is 0.316 bits per heavy atom. The number of phenols is 3. The van der Waals surface area contributed by atoms with Gasteiger partial charge in [0.15, 0.2) is 0 Å². The van der Waals surface area contributed by atoms with Gasteiger partial charge in [0.2, 0.25) is 0 Å². The average Bonchev–Trinajstić information content (AvgIpc) is 4.01. The zero-order valence-corrected chi connectivity index (χ0v) is 49.3. The molecule has 12 rings (SSSR count). The molecule has 0 aromatic heterocycles. The normalized spacial score (nSPS) is 14.1.